The van der Waals surface area contributed by atoms with Crippen LogP contribution in [0, 0.1) is 0 Å². The number of fused-ring (bicyclic) bond motifs is 1. The SMILES string of the molecule is CCCn1cnc2nc(Cl)nc(NCCCOC)c21. The topological polar surface area (TPSA) is 64.9 Å². The molecule has 2 rings (SSSR count). The number of ether oxygens (including phenoxy) is 1. The lowest BCUT2D eigenvalue weighted by molar-refractivity contribution is 0.198. The molecule has 0 aliphatic carbocycles. The van der Waals surface area contributed by atoms with Crippen LogP contribution in [0.3, 0.4) is 0 Å². The van der Waals surface area contributed by atoms with Crippen LogP contribution in [0.1, 0.15) is 19.8 Å². The molecule has 1 N–H and O–H groups in total. The average molecular weight is 284 g/mol. The van der Waals surface area contributed by atoms with E-state index >= 15 is 0 Å². The van der Waals surface area contributed by atoms with Crippen molar-refractivity contribution in [2.45, 2.75) is 26.3 Å². The van der Waals surface area contributed by atoms with Crippen molar-refractivity contribution in [1.29, 1.82) is 0 Å². The van der Waals surface area contributed by atoms with Gasteiger partial charge >= 0.3 is 0 Å². The van der Waals surface area contributed by atoms with Gasteiger partial charge in [0.2, 0.25) is 5.28 Å². The number of aromatic nitrogens is 4. The van der Waals surface area contributed by atoms with E-state index < -0.39 is 0 Å². The van der Waals surface area contributed by atoms with E-state index in [1.54, 1.807) is 13.4 Å². The molecule has 0 fully saturated rings. The summed E-state index contributed by atoms with van der Waals surface area (Å²) >= 11 is 5.91. The zero-order valence-corrected chi connectivity index (χ0v) is 11.9. The molecule has 19 heavy (non-hydrogen) atoms. The Bertz CT molecular complexity index is 542. The number of anilines is 1. The second kappa shape index (κ2) is 6.68. The third-order valence-electron chi connectivity index (χ3n) is 2.73. The molecule has 0 saturated heterocycles. The van der Waals surface area contributed by atoms with Crippen LogP contribution in [0.4, 0.5) is 5.82 Å². The van der Waals surface area contributed by atoms with E-state index in [2.05, 4.69) is 27.2 Å². The Hall–Kier alpha value is -1.40. The third-order valence-corrected chi connectivity index (χ3v) is 2.90. The van der Waals surface area contributed by atoms with Crippen LogP contribution in [-0.2, 0) is 11.3 Å². The Morgan fingerprint density at radius 1 is 1.42 bits per heavy atom. The van der Waals surface area contributed by atoms with Crippen molar-refractivity contribution in [1.82, 2.24) is 19.5 Å². The molecule has 2 aromatic rings. The van der Waals surface area contributed by atoms with Gasteiger partial charge in [0.05, 0.1) is 6.33 Å². The van der Waals surface area contributed by atoms with Crippen molar-refractivity contribution in [3.63, 3.8) is 0 Å². The van der Waals surface area contributed by atoms with Gasteiger partial charge in [0.25, 0.3) is 0 Å². The molecule has 0 aliphatic rings. The monoisotopic (exact) mass is 283 g/mol. The number of imidazole rings is 1. The number of methoxy groups -OCH3 is 1. The highest BCUT2D eigenvalue weighted by Gasteiger charge is 2.12. The van der Waals surface area contributed by atoms with Crippen LogP contribution in [0.2, 0.25) is 5.28 Å². The van der Waals surface area contributed by atoms with E-state index in [1.807, 2.05) is 4.57 Å². The summed E-state index contributed by atoms with van der Waals surface area (Å²) in [7, 11) is 1.69. The second-order valence-electron chi connectivity index (χ2n) is 4.22. The Kier molecular flexibility index (Phi) is 4.93. The third kappa shape index (κ3) is 3.33. The van der Waals surface area contributed by atoms with Crippen LogP contribution in [-0.4, -0.2) is 39.8 Å². The Morgan fingerprint density at radius 3 is 3.00 bits per heavy atom. The van der Waals surface area contributed by atoms with E-state index in [9.17, 15) is 0 Å². The highest BCUT2D eigenvalue weighted by molar-refractivity contribution is 6.28. The van der Waals surface area contributed by atoms with Gasteiger partial charge in [-0.05, 0) is 24.4 Å². The summed E-state index contributed by atoms with van der Waals surface area (Å²) in [6, 6.07) is 0. The largest absolute Gasteiger partial charge is 0.385 e. The molecule has 0 spiro atoms. The van der Waals surface area contributed by atoms with Gasteiger partial charge in [-0.3, -0.25) is 0 Å². The smallest absolute Gasteiger partial charge is 0.226 e. The minimum Gasteiger partial charge on any atom is -0.385 e. The Balaban J connectivity index is 2.26. The summed E-state index contributed by atoms with van der Waals surface area (Å²) in [5, 5.41) is 3.48. The number of hydrogen-bond donors (Lipinski definition) is 1. The van der Waals surface area contributed by atoms with Crippen molar-refractivity contribution in [3.8, 4) is 0 Å². The number of nitrogens with zero attached hydrogens (tertiary/aromatic N) is 4. The first kappa shape index (κ1) is 14.0. The maximum atomic E-state index is 5.91. The fourth-order valence-corrected chi connectivity index (χ4v) is 2.07. The van der Waals surface area contributed by atoms with Crippen molar-refractivity contribution in [2.24, 2.45) is 0 Å². The minimum absolute atomic E-state index is 0.212. The van der Waals surface area contributed by atoms with Gasteiger partial charge in [0.1, 0.15) is 5.52 Å². The summed E-state index contributed by atoms with van der Waals surface area (Å²) in [5.74, 6) is 0.733. The molecule has 0 radical (unpaired) electrons. The lowest BCUT2D eigenvalue weighted by Gasteiger charge is -2.09. The van der Waals surface area contributed by atoms with Gasteiger partial charge in [-0.15, -0.1) is 0 Å². The number of halogens is 1. The Labute approximate surface area is 117 Å². The Morgan fingerprint density at radius 2 is 2.26 bits per heavy atom. The second-order valence-corrected chi connectivity index (χ2v) is 4.56. The fourth-order valence-electron chi connectivity index (χ4n) is 1.91. The van der Waals surface area contributed by atoms with Gasteiger partial charge < -0.3 is 14.6 Å². The first-order chi connectivity index (χ1) is 9.26. The maximum absolute atomic E-state index is 5.91. The molecule has 0 saturated carbocycles. The van der Waals surface area contributed by atoms with Crippen molar-refractivity contribution >= 4 is 28.6 Å². The molecule has 7 heteroatoms. The molecular weight excluding hydrogens is 266 g/mol. The first-order valence-electron chi connectivity index (χ1n) is 6.37. The molecule has 104 valence electrons. The van der Waals surface area contributed by atoms with E-state index in [1.165, 1.54) is 0 Å². The van der Waals surface area contributed by atoms with E-state index in [0.717, 1.165) is 37.3 Å². The van der Waals surface area contributed by atoms with Crippen LogP contribution < -0.4 is 5.32 Å². The summed E-state index contributed by atoms with van der Waals surface area (Å²) in [6.45, 7) is 4.49. The van der Waals surface area contributed by atoms with Crippen LogP contribution in [0.5, 0.6) is 0 Å². The van der Waals surface area contributed by atoms with Crippen LogP contribution in [0.25, 0.3) is 11.2 Å². The van der Waals surface area contributed by atoms with Crippen LogP contribution in [0.15, 0.2) is 6.33 Å². The lowest BCUT2D eigenvalue weighted by atomic mass is 10.4. The summed E-state index contributed by atoms with van der Waals surface area (Å²) in [5.41, 5.74) is 1.53. The maximum Gasteiger partial charge on any atom is 0.226 e. The van der Waals surface area contributed by atoms with Crippen LogP contribution >= 0.6 is 11.6 Å². The lowest BCUT2D eigenvalue weighted by Crippen LogP contribution is -2.09. The molecule has 0 bridgehead atoms. The van der Waals surface area contributed by atoms with E-state index in [-0.39, 0.29) is 5.28 Å². The highest BCUT2D eigenvalue weighted by Crippen LogP contribution is 2.21. The molecule has 0 aromatic carbocycles. The molecule has 0 aliphatic heterocycles. The van der Waals surface area contributed by atoms with Crippen molar-refractivity contribution in [3.05, 3.63) is 11.6 Å². The normalized spacial score (nSPS) is 11.1. The zero-order chi connectivity index (χ0) is 13.7. The quantitative estimate of drug-likeness (QED) is 0.624. The molecule has 0 unspecified atom stereocenters. The standard InChI is InChI=1S/C12H18ClN5O/c1-3-6-18-8-15-11-9(18)10(16-12(13)17-11)14-5-4-7-19-2/h8H,3-7H2,1-2H3,(H,14,16,17). The van der Waals surface area contributed by atoms with Gasteiger partial charge in [-0.1, -0.05) is 6.92 Å². The number of hydrogen-bond acceptors (Lipinski definition) is 5. The predicted molar refractivity (Wildman–Crippen MR) is 75.6 cm³/mol. The van der Waals surface area contributed by atoms with Gasteiger partial charge in [-0.2, -0.15) is 9.97 Å². The highest BCUT2D eigenvalue weighted by atomic mass is 35.5. The number of rotatable bonds is 7. The van der Waals surface area contributed by atoms with Crippen molar-refractivity contribution < 1.29 is 4.74 Å². The zero-order valence-electron chi connectivity index (χ0n) is 11.2. The number of nitrogens with one attached hydrogen (secondary N) is 1. The van der Waals surface area contributed by atoms with Gasteiger partial charge in [0.15, 0.2) is 11.5 Å². The predicted octanol–water partition coefficient (Wildman–Crippen LogP) is 2.34. The summed E-state index contributed by atoms with van der Waals surface area (Å²) in [6.07, 6.45) is 3.71. The molecule has 6 nitrogen and oxygen atoms in total. The first-order valence-corrected chi connectivity index (χ1v) is 6.75. The van der Waals surface area contributed by atoms with E-state index in [0.29, 0.717) is 12.3 Å². The van der Waals surface area contributed by atoms with E-state index in [4.69, 9.17) is 16.3 Å². The fraction of sp³-hybridized carbons (Fsp3) is 0.583. The van der Waals surface area contributed by atoms with Gasteiger partial charge in [-0.25, -0.2) is 4.98 Å². The molecular formula is C12H18ClN5O. The molecule has 2 aromatic heterocycles. The molecule has 2 heterocycles. The average Bonchev–Trinajstić information content (AvgIpc) is 2.78. The molecule has 0 atom stereocenters. The van der Waals surface area contributed by atoms with Gasteiger partial charge in [0, 0.05) is 26.8 Å². The van der Waals surface area contributed by atoms with Crippen molar-refractivity contribution in [2.75, 3.05) is 25.6 Å². The number of aryl methyl sites for hydroxylation is 1. The minimum atomic E-state index is 0.212. The molecule has 0 amide bonds. The summed E-state index contributed by atoms with van der Waals surface area (Å²) < 4.78 is 7.07. The summed E-state index contributed by atoms with van der Waals surface area (Å²) in [4.78, 5) is 12.7.